The molecule has 0 amide bonds. The van der Waals surface area contributed by atoms with Gasteiger partial charge in [0.15, 0.2) is 0 Å². The Balaban J connectivity index is 1.09. The lowest BCUT2D eigenvalue weighted by molar-refractivity contribution is 0.431. The van der Waals surface area contributed by atoms with Gasteiger partial charge < -0.3 is 0 Å². The Morgan fingerprint density at radius 1 is 0.269 bits per heavy atom. The van der Waals surface area contributed by atoms with Gasteiger partial charge in [-0.05, 0) is 193 Å². The van der Waals surface area contributed by atoms with E-state index in [4.69, 9.17) is 0 Å². The molecule has 6 bridgehead atoms. The van der Waals surface area contributed by atoms with Crippen molar-refractivity contribution in [1.82, 2.24) is 12.9 Å². The molecule has 3 aliphatic rings. The quantitative estimate of drug-likeness (QED) is 0.164. The summed E-state index contributed by atoms with van der Waals surface area (Å²) in [7, 11) is -11.6. The average Bonchev–Trinajstić information content (AvgIpc) is 4.38. The second kappa shape index (κ2) is 18.4. The predicted molar refractivity (Wildman–Crippen MR) is 315 cm³/mol. The van der Waals surface area contributed by atoms with Gasteiger partial charge in [0.05, 0.1) is 14.7 Å². The van der Waals surface area contributed by atoms with E-state index in [2.05, 4.69) is 112 Å². The summed E-state index contributed by atoms with van der Waals surface area (Å²) < 4.78 is 91.4. The first-order chi connectivity index (χ1) is 37.3. The maximum atomic E-state index is 14.4. The molecule has 0 saturated carbocycles. The van der Waals surface area contributed by atoms with Crippen LogP contribution in [0.25, 0.3) is 64.6 Å². The van der Waals surface area contributed by atoms with Gasteiger partial charge in [-0.2, -0.15) is 12.9 Å². The van der Waals surface area contributed by atoms with Gasteiger partial charge in [-0.15, -0.1) is 0 Å². The summed E-state index contributed by atoms with van der Waals surface area (Å²) in [5.41, 5.74) is 11.8. The van der Waals surface area contributed by atoms with E-state index in [1.807, 2.05) is 57.2 Å². The minimum absolute atomic E-state index is 0.196. The molecule has 0 atom stereocenters. The van der Waals surface area contributed by atoms with Crippen molar-refractivity contribution in [2.45, 2.75) is 95.5 Å². The van der Waals surface area contributed by atoms with Crippen LogP contribution in [0.1, 0.15) is 66.8 Å². The van der Waals surface area contributed by atoms with Gasteiger partial charge in [0, 0.05) is 39.3 Å². The molecule has 13 aromatic rings. The van der Waals surface area contributed by atoms with Gasteiger partial charge in [0.1, 0.15) is 0 Å². The highest BCUT2D eigenvalue weighted by molar-refractivity contribution is 7.89. The Hall–Kier alpha value is -7.29. The van der Waals surface area contributed by atoms with Crippen molar-refractivity contribution in [3.8, 4) is 0 Å². The molecule has 390 valence electrons. The molecular formula is C66H57N3O6S3. The summed E-state index contributed by atoms with van der Waals surface area (Å²) in [5, 5.41) is 11.5. The third-order valence-corrected chi connectivity index (χ3v) is 22.2. The van der Waals surface area contributed by atoms with E-state index >= 15 is 0 Å². The molecule has 78 heavy (non-hydrogen) atoms. The maximum Gasteiger partial charge on any atom is 0.243 e. The third kappa shape index (κ3) is 8.14. The van der Waals surface area contributed by atoms with Crippen molar-refractivity contribution in [1.29, 1.82) is 0 Å². The van der Waals surface area contributed by atoms with Crippen LogP contribution < -0.4 is 0 Å². The molecule has 16 rings (SSSR count). The second-order valence-electron chi connectivity index (χ2n) is 21.7. The Morgan fingerprint density at radius 2 is 0.474 bits per heavy atom. The summed E-state index contributed by atoms with van der Waals surface area (Å²) in [6, 6.07) is 53.4. The molecule has 0 aromatic heterocycles. The van der Waals surface area contributed by atoms with Crippen LogP contribution in [-0.4, -0.2) is 38.2 Å². The summed E-state index contributed by atoms with van der Waals surface area (Å²) in [6.45, 7) is 13.4. The Kier molecular flexibility index (Phi) is 11.9. The fraction of sp³-hybridized carbons (Fsp3) is 0.182. The number of aryl methyl sites for hydroxylation is 6. The van der Waals surface area contributed by atoms with Crippen LogP contribution in [0.5, 0.6) is 0 Å². The predicted octanol–water partition coefficient (Wildman–Crippen LogP) is 14.3. The van der Waals surface area contributed by atoms with Crippen molar-refractivity contribution >= 4 is 94.7 Å². The fourth-order valence-electron chi connectivity index (χ4n) is 12.4. The fourth-order valence-corrected chi connectivity index (χ4v) is 16.5. The SMILES string of the molecule is Cc1ccc(S(=O)(=O)N2Cc3c(C)cc4c5ccc(cc5)c5c6c(c(C)cc5c5ccc(cc5)c5c7c(c(C)cc5c5ccc(cc5)c4c3C2)CN(S(=O)(=O)c2ccc(C)cc2)C7)CN(S(=O)(=O)c2ccc(C)cc2)C6)cc1. The van der Waals surface area contributed by atoms with Crippen LogP contribution in [0.2, 0.25) is 0 Å². The normalized spacial score (nSPS) is 15.2. The van der Waals surface area contributed by atoms with E-state index in [1.54, 1.807) is 49.3 Å². The van der Waals surface area contributed by atoms with Crippen LogP contribution >= 0.6 is 0 Å². The molecule has 3 aliphatic heterocycles. The molecular weight excluding hydrogens is 1030 g/mol. The van der Waals surface area contributed by atoms with Crippen molar-refractivity contribution in [3.63, 3.8) is 0 Å². The highest BCUT2D eigenvalue weighted by Crippen LogP contribution is 2.43. The monoisotopic (exact) mass is 1080 g/mol. The van der Waals surface area contributed by atoms with E-state index in [1.165, 1.54) is 0 Å². The zero-order chi connectivity index (χ0) is 54.2. The van der Waals surface area contributed by atoms with Crippen LogP contribution in [0.15, 0.2) is 178 Å². The number of nitrogens with zero attached hydrogens (tertiary/aromatic N) is 3. The van der Waals surface area contributed by atoms with Crippen molar-refractivity contribution < 1.29 is 25.3 Å². The minimum atomic E-state index is -3.85. The Morgan fingerprint density at radius 3 is 0.705 bits per heavy atom. The standard InChI is InChI=1S/C66H57N3O6S3/c1-40-7-25-52(26-8-40)76(70,71)67-34-58-43(4)31-55-46-15-21-50(22-16-46)65-57(33-45(6)60-36-68(38-62(60)65)77(72,73)53-27-9-41(2)10-28-53)48-17-23-51(24-18-48)66-56(47-13-19-49(20-14-47)64(55)61(58)37-67)32-44(5)59-35-69(39-63(59)66)78(74,75)54-29-11-42(3)12-30-54/h7-33H,34-39H2,1-6H3. The maximum absolute atomic E-state index is 14.4. The second-order valence-corrected chi connectivity index (χ2v) is 27.5. The van der Waals surface area contributed by atoms with Crippen LogP contribution in [0, 0.1) is 41.5 Å². The summed E-state index contributed by atoms with van der Waals surface area (Å²) in [5.74, 6) is 0. The zero-order valence-corrected chi connectivity index (χ0v) is 46.8. The number of hydrogen-bond donors (Lipinski definition) is 0. The zero-order valence-electron chi connectivity index (χ0n) is 44.3. The van der Waals surface area contributed by atoms with Crippen molar-refractivity contribution in [2.75, 3.05) is 0 Å². The number of rotatable bonds is 6. The van der Waals surface area contributed by atoms with E-state index in [-0.39, 0.29) is 54.0 Å². The van der Waals surface area contributed by atoms with E-state index in [0.29, 0.717) is 0 Å². The topological polar surface area (TPSA) is 112 Å². The molecule has 3 heterocycles. The lowest BCUT2D eigenvalue weighted by Gasteiger charge is -2.16. The van der Waals surface area contributed by atoms with Crippen LogP contribution in [0.4, 0.5) is 0 Å². The molecule has 12 heteroatoms. The largest absolute Gasteiger partial charge is 0.243 e. The van der Waals surface area contributed by atoms with Gasteiger partial charge in [0.25, 0.3) is 0 Å². The number of benzene rings is 9. The van der Waals surface area contributed by atoms with Gasteiger partial charge in [-0.25, -0.2) is 25.3 Å². The first-order valence-corrected chi connectivity index (χ1v) is 30.7. The van der Waals surface area contributed by atoms with Gasteiger partial charge in [-0.1, -0.05) is 144 Å². The molecule has 9 nitrogen and oxygen atoms in total. The lowest BCUT2D eigenvalue weighted by atomic mass is 9.91. The molecule has 0 saturated heterocycles. The van der Waals surface area contributed by atoms with Crippen molar-refractivity contribution in [3.05, 3.63) is 231 Å². The molecule has 0 aliphatic carbocycles. The first kappa shape index (κ1) is 50.2. The number of hydrogen-bond acceptors (Lipinski definition) is 6. The minimum Gasteiger partial charge on any atom is -0.207 e. The highest BCUT2D eigenvalue weighted by atomic mass is 32.2. The van der Waals surface area contributed by atoms with Crippen LogP contribution in [-0.2, 0) is 69.3 Å². The molecule has 0 N–H and O–H groups in total. The molecule has 0 radical (unpaired) electrons. The average molecular weight is 1080 g/mol. The third-order valence-electron chi connectivity index (χ3n) is 16.8. The summed E-state index contributed by atoms with van der Waals surface area (Å²) >= 11 is 0. The molecule has 13 aromatic carbocycles. The van der Waals surface area contributed by atoms with Gasteiger partial charge >= 0.3 is 0 Å². The lowest BCUT2D eigenvalue weighted by Crippen LogP contribution is -2.25. The summed E-state index contributed by atoms with van der Waals surface area (Å²) in [4.78, 5) is 0.783. The van der Waals surface area contributed by atoms with E-state index < -0.39 is 30.1 Å². The van der Waals surface area contributed by atoms with Crippen molar-refractivity contribution in [2.24, 2.45) is 0 Å². The Bertz CT molecular complexity index is 4190. The number of fused-ring (bicyclic) bond motifs is 6. The highest BCUT2D eigenvalue weighted by Gasteiger charge is 2.36. The Labute approximate surface area is 456 Å². The first-order valence-electron chi connectivity index (χ1n) is 26.3. The molecule has 0 spiro atoms. The van der Waals surface area contributed by atoms with Gasteiger partial charge in [-0.3, -0.25) is 0 Å². The summed E-state index contributed by atoms with van der Waals surface area (Å²) in [6.07, 6.45) is 0. The van der Waals surface area contributed by atoms with E-state index in [9.17, 15) is 25.3 Å². The smallest absolute Gasteiger partial charge is 0.207 e. The van der Waals surface area contributed by atoms with E-state index in [0.717, 1.165) is 131 Å². The van der Waals surface area contributed by atoms with Gasteiger partial charge in [0.2, 0.25) is 30.1 Å². The van der Waals surface area contributed by atoms with Crippen LogP contribution in [0.3, 0.4) is 0 Å². The molecule has 0 unspecified atom stereocenters. The number of sulfonamides is 3. The molecule has 0 fully saturated rings.